The Labute approximate surface area is 181 Å². The van der Waals surface area contributed by atoms with Gasteiger partial charge in [-0.05, 0) is 56.9 Å². The predicted octanol–water partition coefficient (Wildman–Crippen LogP) is 2.47. The van der Waals surface area contributed by atoms with Crippen molar-refractivity contribution in [2.75, 3.05) is 41.4 Å². The van der Waals surface area contributed by atoms with E-state index >= 15 is 0 Å². The van der Waals surface area contributed by atoms with Crippen LogP contribution >= 0.6 is 0 Å². The molecule has 1 aromatic heterocycles. The number of hydrogen-bond donors (Lipinski definition) is 1. The highest BCUT2D eigenvalue weighted by atomic mass is 16.5. The lowest BCUT2D eigenvalue weighted by atomic mass is 9.95. The van der Waals surface area contributed by atoms with Gasteiger partial charge in [0.1, 0.15) is 17.3 Å². The molecule has 1 aliphatic heterocycles. The number of nitrogens with zero attached hydrogens (tertiary/aromatic N) is 3. The summed E-state index contributed by atoms with van der Waals surface area (Å²) in [5, 5.41) is 11.2. The standard InChI is InChI=1S/C23H27N3O5/c1-25(2)12-5-13-26-20(15-8-10-24-11-9-15)19(22(28)23(26)29)21(27)17-7-6-16(30-3)14-18(17)31-4/h6-11,14,20,27H,5,12-13H2,1-4H3/b21-19+. The highest BCUT2D eigenvalue weighted by Gasteiger charge is 2.46. The minimum atomic E-state index is -0.720. The molecule has 1 aromatic carbocycles. The van der Waals surface area contributed by atoms with Crippen molar-refractivity contribution in [1.29, 1.82) is 0 Å². The summed E-state index contributed by atoms with van der Waals surface area (Å²) < 4.78 is 10.6. The summed E-state index contributed by atoms with van der Waals surface area (Å²) in [5.74, 6) is -0.751. The van der Waals surface area contributed by atoms with Crippen LogP contribution in [-0.4, -0.2) is 73.0 Å². The SMILES string of the molecule is COc1ccc(/C(O)=C2\C(=O)C(=O)N(CCCN(C)C)C2c2ccncc2)c(OC)c1. The van der Waals surface area contributed by atoms with Gasteiger partial charge in [0.25, 0.3) is 11.7 Å². The van der Waals surface area contributed by atoms with Crippen molar-refractivity contribution in [3.8, 4) is 11.5 Å². The van der Waals surface area contributed by atoms with Gasteiger partial charge < -0.3 is 24.4 Å². The molecule has 1 aliphatic rings. The maximum Gasteiger partial charge on any atom is 0.295 e. The number of Topliss-reactive ketones (excluding diaryl/α,β-unsaturated/α-hetero) is 1. The van der Waals surface area contributed by atoms with Gasteiger partial charge in [-0.25, -0.2) is 0 Å². The third kappa shape index (κ3) is 4.54. The number of carbonyl (C=O) groups excluding carboxylic acids is 2. The first-order valence-electron chi connectivity index (χ1n) is 9.94. The molecule has 2 aromatic rings. The summed E-state index contributed by atoms with van der Waals surface area (Å²) in [4.78, 5) is 33.5. The third-order valence-corrected chi connectivity index (χ3v) is 5.23. The van der Waals surface area contributed by atoms with Crippen LogP contribution in [0.15, 0.2) is 48.3 Å². The molecule has 0 spiro atoms. The number of ketones is 1. The lowest BCUT2D eigenvalue weighted by Crippen LogP contribution is -2.32. The number of pyridine rings is 1. The molecule has 164 valence electrons. The van der Waals surface area contributed by atoms with Gasteiger partial charge in [0, 0.05) is 25.0 Å². The second-order valence-electron chi connectivity index (χ2n) is 7.50. The Bertz CT molecular complexity index is 988. The molecule has 2 heterocycles. The lowest BCUT2D eigenvalue weighted by molar-refractivity contribution is -0.139. The monoisotopic (exact) mass is 425 g/mol. The zero-order valence-electron chi connectivity index (χ0n) is 18.2. The zero-order chi connectivity index (χ0) is 22.5. The fourth-order valence-electron chi connectivity index (χ4n) is 3.70. The van der Waals surface area contributed by atoms with Crippen LogP contribution in [0.4, 0.5) is 0 Å². The largest absolute Gasteiger partial charge is 0.507 e. The highest BCUT2D eigenvalue weighted by molar-refractivity contribution is 6.46. The molecule has 1 unspecified atom stereocenters. The summed E-state index contributed by atoms with van der Waals surface area (Å²) in [5.41, 5.74) is 1.05. The first kappa shape index (κ1) is 22.3. The van der Waals surface area contributed by atoms with Crippen LogP contribution in [-0.2, 0) is 9.59 Å². The number of carbonyl (C=O) groups is 2. The number of aliphatic hydroxyl groups is 1. The Morgan fingerprint density at radius 3 is 2.45 bits per heavy atom. The third-order valence-electron chi connectivity index (χ3n) is 5.23. The van der Waals surface area contributed by atoms with Crippen molar-refractivity contribution in [3.05, 3.63) is 59.4 Å². The Morgan fingerprint density at radius 1 is 1.13 bits per heavy atom. The van der Waals surface area contributed by atoms with Gasteiger partial charge >= 0.3 is 0 Å². The van der Waals surface area contributed by atoms with Crippen LogP contribution in [0.2, 0.25) is 0 Å². The van der Waals surface area contributed by atoms with Gasteiger partial charge in [-0.1, -0.05) is 0 Å². The number of rotatable bonds is 8. The molecule has 0 aliphatic carbocycles. The van der Waals surface area contributed by atoms with Gasteiger partial charge in [0.05, 0.1) is 31.4 Å². The van der Waals surface area contributed by atoms with E-state index < -0.39 is 17.7 Å². The van der Waals surface area contributed by atoms with E-state index in [1.807, 2.05) is 19.0 Å². The van der Waals surface area contributed by atoms with Crippen LogP contribution in [0.1, 0.15) is 23.6 Å². The van der Waals surface area contributed by atoms with E-state index in [9.17, 15) is 14.7 Å². The summed E-state index contributed by atoms with van der Waals surface area (Å²) in [6, 6.07) is 7.66. The molecule has 0 radical (unpaired) electrons. The number of amides is 1. The summed E-state index contributed by atoms with van der Waals surface area (Å²) in [6.07, 6.45) is 3.89. The number of likely N-dealkylation sites (tertiary alicyclic amines) is 1. The van der Waals surface area contributed by atoms with E-state index in [0.717, 1.165) is 6.54 Å². The van der Waals surface area contributed by atoms with Gasteiger partial charge in [-0.2, -0.15) is 0 Å². The molecule has 1 fully saturated rings. The molecule has 0 bridgehead atoms. The van der Waals surface area contributed by atoms with Crippen LogP contribution < -0.4 is 9.47 Å². The normalized spacial score (nSPS) is 18.0. The number of hydrogen-bond acceptors (Lipinski definition) is 7. The van der Waals surface area contributed by atoms with Gasteiger partial charge in [-0.3, -0.25) is 14.6 Å². The van der Waals surface area contributed by atoms with Crippen molar-refractivity contribution < 1.29 is 24.2 Å². The number of benzene rings is 1. The Hall–Kier alpha value is -3.39. The van der Waals surface area contributed by atoms with E-state index in [4.69, 9.17) is 9.47 Å². The predicted molar refractivity (Wildman–Crippen MR) is 116 cm³/mol. The van der Waals surface area contributed by atoms with E-state index in [1.165, 1.54) is 19.1 Å². The molecule has 3 rings (SSSR count). The van der Waals surface area contributed by atoms with Crippen LogP contribution in [0.25, 0.3) is 5.76 Å². The Morgan fingerprint density at radius 2 is 1.84 bits per heavy atom. The quantitative estimate of drug-likeness (QED) is 0.395. The molecular formula is C23H27N3O5. The minimum Gasteiger partial charge on any atom is -0.507 e. The second kappa shape index (κ2) is 9.61. The summed E-state index contributed by atoms with van der Waals surface area (Å²) in [6.45, 7) is 1.14. The molecule has 8 nitrogen and oxygen atoms in total. The topological polar surface area (TPSA) is 92.2 Å². The van der Waals surface area contributed by atoms with E-state index in [1.54, 1.807) is 42.7 Å². The molecule has 31 heavy (non-hydrogen) atoms. The Kier molecular flexibility index (Phi) is 6.91. The second-order valence-corrected chi connectivity index (χ2v) is 7.50. The highest BCUT2D eigenvalue weighted by Crippen LogP contribution is 2.41. The maximum absolute atomic E-state index is 13.0. The van der Waals surface area contributed by atoms with Crippen molar-refractivity contribution in [2.45, 2.75) is 12.5 Å². The van der Waals surface area contributed by atoms with Gasteiger partial charge in [-0.15, -0.1) is 0 Å². The van der Waals surface area contributed by atoms with Crippen molar-refractivity contribution in [1.82, 2.24) is 14.8 Å². The average Bonchev–Trinajstić information content (AvgIpc) is 3.03. The van der Waals surface area contributed by atoms with Crippen LogP contribution in [0.5, 0.6) is 11.5 Å². The van der Waals surface area contributed by atoms with Crippen LogP contribution in [0.3, 0.4) is 0 Å². The average molecular weight is 425 g/mol. The number of aliphatic hydroxyl groups excluding tert-OH is 1. The van der Waals surface area contributed by atoms with Crippen molar-refractivity contribution >= 4 is 17.4 Å². The molecule has 1 atom stereocenters. The van der Waals surface area contributed by atoms with E-state index in [-0.39, 0.29) is 11.3 Å². The molecular weight excluding hydrogens is 398 g/mol. The van der Waals surface area contributed by atoms with Crippen molar-refractivity contribution in [2.24, 2.45) is 0 Å². The van der Waals surface area contributed by atoms with Gasteiger partial charge in [0.2, 0.25) is 0 Å². The van der Waals surface area contributed by atoms with E-state index in [0.29, 0.717) is 35.6 Å². The fourth-order valence-corrected chi connectivity index (χ4v) is 3.70. The van der Waals surface area contributed by atoms with Crippen molar-refractivity contribution in [3.63, 3.8) is 0 Å². The molecule has 1 N–H and O–H groups in total. The summed E-state index contributed by atoms with van der Waals surface area (Å²) in [7, 11) is 6.89. The van der Waals surface area contributed by atoms with E-state index in [2.05, 4.69) is 4.98 Å². The fraction of sp³-hybridized carbons (Fsp3) is 0.348. The zero-order valence-corrected chi connectivity index (χ0v) is 18.2. The first-order chi connectivity index (χ1) is 14.9. The van der Waals surface area contributed by atoms with Gasteiger partial charge in [0.15, 0.2) is 0 Å². The molecule has 1 saturated heterocycles. The molecule has 0 saturated carbocycles. The first-order valence-corrected chi connectivity index (χ1v) is 9.94. The number of aromatic nitrogens is 1. The maximum atomic E-state index is 13.0. The van der Waals surface area contributed by atoms with Crippen LogP contribution in [0, 0.1) is 0 Å². The smallest absolute Gasteiger partial charge is 0.295 e. The number of ether oxygens (including phenoxy) is 2. The number of methoxy groups -OCH3 is 2. The molecule has 8 heteroatoms. The Balaban J connectivity index is 2.12. The lowest BCUT2D eigenvalue weighted by Gasteiger charge is -2.26. The molecule has 1 amide bonds. The minimum absolute atomic E-state index is 0.0320. The summed E-state index contributed by atoms with van der Waals surface area (Å²) >= 11 is 0.